The van der Waals surface area contributed by atoms with Gasteiger partial charge in [0, 0.05) is 10.1 Å². The van der Waals surface area contributed by atoms with Crippen molar-refractivity contribution in [2.45, 2.75) is 20.8 Å². The minimum Gasteiger partial charge on any atom is -0.0843 e. The second-order valence-electron chi connectivity index (χ2n) is 5.16. The van der Waals surface area contributed by atoms with Crippen molar-refractivity contribution in [3.8, 4) is 0 Å². The summed E-state index contributed by atoms with van der Waals surface area (Å²) >= 11 is 12.1. The molecule has 0 radical (unpaired) electrons. The quantitative estimate of drug-likeness (QED) is 0.680. The van der Waals surface area contributed by atoms with Crippen LogP contribution in [-0.2, 0) is 0 Å². The van der Waals surface area contributed by atoms with Crippen LogP contribution in [0.5, 0.6) is 0 Å². The third kappa shape index (κ3) is 2.14. The summed E-state index contributed by atoms with van der Waals surface area (Å²) in [5, 5.41) is 1.58. The zero-order valence-corrected chi connectivity index (χ0v) is 11.3. The highest BCUT2D eigenvalue weighted by molar-refractivity contribution is 6.48. The van der Waals surface area contributed by atoms with Crippen molar-refractivity contribution >= 4 is 28.2 Å². The second kappa shape index (κ2) is 4.09. The largest absolute Gasteiger partial charge is 0.0843 e. The molecule has 0 saturated heterocycles. The molecule has 1 aromatic rings. The minimum absolute atomic E-state index is 0.395. The van der Waals surface area contributed by atoms with E-state index in [1.807, 2.05) is 24.3 Å². The number of benzene rings is 1. The van der Waals surface area contributed by atoms with Gasteiger partial charge in [0.05, 0.1) is 0 Å². The van der Waals surface area contributed by atoms with E-state index in [1.165, 1.54) is 0 Å². The molecule has 1 aromatic carbocycles. The molecule has 0 spiro atoms. The molecule has 0 N–H and O–H groups in total. The van der Waals surface area contributed by atoms with E-state index in [-0.39, 0.29) is 0 Å². The van der Waals surface area contributed by atoms with Crippen LogP contribution in [0.25, 0.3) is 5.03 Å². The first-order valence-corrected chi connectivity index (χ1v) is 6.32. The van der Waals surface area contributed by atoms with Gasteiger partial charge in [0.2, 0.25) is 0 Å². The zero-order valence-electron chi connectivity index (χ0n) is 9.80. The van der Waals surface area contributed by atoms with Crippen molar-refractivity contribution in [2.24, 2.45) is 17.3 Å². The van der Waals surface area contributed by atoms with Crippen LogP contribution in [0.1, 0.15) is 26.3 Å². The molecule has 0 aromatic heterocycles. The third-order valence-electron chi connectivity index (χ3n) is 3.91. The van der Waals surface area contributed by atoms with Crippen LogP contribution >= 0.6 is 23.2 Å². The average Bonchev–Trinajstić information content (AvgIpc) is 2.69. The minimum atomic E-state index is 0.395. The number of hydrogen-bond donors (Lipinski definition) is 0. The monoisotopic (exact) mass is 254 g/mol. The molecule has 2 atom stereocenters. The molecule has 1 fully saturated rings. The van der Waals surface area contributed by atoms with Gasteiger partial charge in [0.25, 0.3) is 0 Å². The molecule has 2 unspecified atom stereocenters. The smallest absolute Gasteiger partial charge is 0.0441 e. The Morgan fingerprint density at radius 3 is 2.19 bits per heavy atom. The Kier molecular flexibility index (Phi) is 3.07. The van der Waals surface area contributed by atoms with E-state index in [1.54, 1.807) is 0 Å². The van der Waals surface area contributed by atoms with E-state index in [2.05, 4.69) is 26.8 Å². The summed E-state index contributed by atoms with van der Waals surface area (Å²) in [6, 6.07) is 7.66. The summed E-state index contributed by atoms with van der Waals surface area (Å²) in [4.78, 5) is 0. The Morgan fingerprint density at radius 1 is 1.25 bits per heavy atom. The van der Waals surface area contributed by atoms with Gasteiger partial charge in [-0.2, -0.15) is 0 Å². The van der Waals surface area contributed by atoms with Crippen molar-refractivity contribution in [1.29, 1.82) is 0 Å². The van der Waals surface area contributed by atoms with E-state index in [9.17, 15) is 0 Å². The van der Waals surface area contributed by atoms with Crippen molar-refractivity contribution in [3.63, 3.8) is 0 Å². The predicted molar refractivity (Wildman–Crippen MR) is 71.7 cm³/mol. The molecule has 2 rings (SSSR count). The standard InChI is InChI=1S/C14H16Cl2/c1-9-12(14(9,2)3)8-13(16)10-4-6-11(15)7-5-10/h4-9,12H,1-3H3. The summed E-state index contributed by atoms with van der Waals surface area (Å²) in [7, 11) is 0. The van der Waals surface area contributed by atoms with E-state index in [0.717, 1.165) is 15.6 Å². The van der Waals surface area contributed by atoms with Crippen LogP contribution in [0, 0.1) is 17.3 Å². The molecule has 16 heavy (non-hydrogen) atoms. The predicted octanol–water partition coefficient (Wildman–Crippen LogP) is 5.21. The molecule has 1 aliphatic carbocycles. The van der Waals surface area contributed by atoms with Gasteiger partial charge in [-0.15, -0.1) is 0 Å². The maximum atomic E-state index is 6.30. The van der Waals surface area contributed by atoms with Gasteiger partial charge in [-0.3, -0.25) is 0 Å². The van der Waals surface area contributed by atoms with Gasteiger partial charge in [-0.05, 0) is 34.9 Å². The fraction of sp³-hybridized carbons (Fsp3) is 0.429. The van der Waals surface area contributed by atoms with Gasteiger partial charge in [-0.1, -0.05) is 62.2 Å². The van der Waals surface area contributed by atoms with Crippen molar-refractivity contribution in [2.75, 3.05) is 0 Å². The first-order valence-electron chi connectivity index (χ1n) is 5.56. The second-order valence-corrected chi connectivity index (χ2v) is 6.00. The van der Waals surface area contributed by atoms with Crippen LogP contribution in [0.4, 0.5) is 0 Å². The summed E-state index contributed by atoms with van der Waals surface area (Å²) < 4.78 is 0. The van der Waals surface area contributed by atoms with Crippen LogP contribution in [0.15, 0.2) is 30.3 Å². The SMILES string of the molecule is CC1C(C=C(Cl)c2ccc(Cl)cc2)C1(C)C. The van der Waals surface area contributed by atoms with Gasteiger partial charge < -0.3 is 0 Å². The number of allylic oxidation sites excluding steroid dienone is 1. The molecule has 86 valence electrons. The molecular weight excluding hydrogens is 239 g/mol. The maximum Gasteiger partial charge on any atom is 0.0441 e. The molecular formula is C14H16Cl2. The Hall–Kier alpha value is -0.460. The molecule has 0 bridgehead atoms. The average molecular weight is 255 g/mol. The zero-order chi connectivity index (χ0) is 11.9. The summed E-state index contributed by atoms with van der Waals surface area (Å²) in [5.74, 6) is 1.31. The van der Waals surface area contributed by atoms with Crippen LogP contribution in [0.3, 0.4) is 0 Å². The first kappa shape index (κ1) is 12.0. The Labute approximate surface area is 107 Å². The number of hydrogen-bond acceptors (Lipinski definition) is 0. The van der Waals surface area contributed by atoms with Gasteiger partial charge in [-0.25, -0.2) is 0 Å². The fourth-order valence-electron chi connectivity index (χ4n) is 2.16. The first-order chi connectivity index (χ1) is 7.43. The van der Waals surface area contributed by atoms with Crippen LogP contribution in [0.2, 0.25) is 5.02 Å². The highest BCUT2D eigenvalue weighted by Gasteiger charge is 2.52. The lowest BCUT2D eigenvalue weighted by atomic mass is 10.1. The van der Waals surface area contributed by atoms with Crippen molar-refractivity contribution in [3.05, 3.63) is 40.9 Å². The lowest BCUT2D eigenvalue weighted by Gasteiger charge is -2.01. The molecule has 1 saturated carbocycles. The Balaban J connectivity index is 2.17. The Bertz CT molecular complexity index is 415. The summed E-state index contributed by atoms with van der Waals surface area (Å²) in [6.07, 6.45) is 2.18. The molecule has 0 amide bonds. The lowest BCUT2D eigenvalue weighted by molar-refractivity contribution is 0.570. The molecule has 0 heterocycles. The highest BCUT2D eigenvalue weighted by atomic mass is 35.5. The van der Waals surface area contributed by atoms with Gasteiger partial charge >= 0.3 is 0 Å². The number of rotatable bonds is 2. The van der Waals surface area contributed by atoms with Crippen molar-refractivity contribution in [1.82, 2.24) is 0 Å². The van der Waals surface area contributed by atoms with Gasteiger partial charge in [0.1, 0.15) is 0 Å². The van der Waals surface area contributed by atoms with Crippen molar-refractivity contribution < 1.29 is 0 Å². The van der Waals surface area contributed by atoms with E-state index in [0.29, 0.717) is 17.3 Å². The Morgan fingerprint density at radius 2 is 1.75 bits per heavy atom. The topological polar surface area (TPSA) is 0 Å². The third-order valence-corrected chi connectivity index (χ3v) is 4.50. The number of halogens is 2. The lowest BCUT2D eigenvalue weighted by Crippen LogP contribution is -1.88. The fourth-order valence-corrected chi connectivity index (χ4v) is 2.55. The highest BCUT2D eigenvalue weighted by Crippen LogP contribution is 2.59. The van der Waals surface area contributed by atoms with Crippen LogP contribution in [-0.4, -0.2) is 0 Å². The molecule has 0 nitrogen and oxygen atoms in total. The maximum absolute atomic E-state index is 6.30. The molecule has 1 aliphatic rings. The molecule has 2 heteroatoms. The summed E-state index contributed by atoms with van der Waals surface area (Å²) in [6.45, 7) is 6.84. The van der Waals surface area contributed by atoms with E-state index >= 15 is 0 Å². The van der Waals surface area contributed by atoms with E-state index < -0.39 is 0 Å². The van der Waals surface area contributed by atoms with E-state index in [4.69, 9.17) is 23.2 Å². The van der Waals surface area contributed by atoms with Crippen LogP contribution < -0.4 is 0 Å². The molecule has 0 aliphatic heterocycles. The normalized spacial score (nSPS) is 27.9. The summed E-state index contributed by atoms with van der Waals surface area (Å²) in [5.41, 5.74) is 1.44. The van der Waals surface area contributed by atoms with Gasteiger partial charge in [0.15, 0.2) is 0 Å².